The van der Waals surface area contributed by atoms with Crippen LogP contribution in [0.5, 0.6) is 0 Å². The van der Waals surface area contributed by atoms with E-state index in [1.807, 2.05) is 0 Å². The van der Waals surface area contributed by atoms with E-state index in [1.165, 1.54) is 12.1 Å². The van der Waals surface area contributed by atoms with Crippen LogP contribution in [-0.4, -0.2) is 30.0 Å². The van der Waals surface area contributed by atoms with Crippen molar-refractivity contribution < 1.29 is 14.2 Å². The van der Waals surface area contributed by atoms with Crippen molar-refractivity contribution in [2.24, 2.45) is 0 Å². The minimum Gasteiger partial charge on any atom is -0.394 e. The summed E-state index contributed by atoms with van der Waals surface area (Å²) in [7, 11) is 0. The van der Waals surface area contributed by atoms with Gasteiger partial charge in [0, 0.05) is 12.3 Å². The number of aliphatic hydroxyl groups excluding tert-OH is 1. The maximum atomic E-state index is 12.9. The Hall–Kier alpha value is -1.13. The Morgan fingerprint density at radius 2 is 2.16 bits per heavy atom. The molecule has 1 aliphatic heterocycles. The Labute approximate surface area is 113 Å². The maximum absolute atomic E-state index is 12.9. The van der Waals surface area contributed by atoms with Gasteiger partial charge in [-0.25, -0.2) is 4.39 Å². The van der Waals surface area contributed by atoms with Gasteiger partial charge in [-0.3, -0.25) is 0 Å². The molecular formula is C15H22FNO2. The third-order valence-corrected chi connectivity index (χ3v) is 3.72. The summed E-state index contributed by atoms with van der Waals surface area (Å²) in [6.07, 6.45) is 3.82. The first-order valence-corrected chi connectivity index (χ1v) is 6.94. The molecule has 1 fully saturated rings. The molecule has 4 heteroatoms. The Morgan fingerprint density at radius 1 is 1.42 bits per heavy atom. The fourth-order valence-corrected chi connectivity index (χ4v) is 2.66. The average Bonchev–Trinajstić information content (AvgIpc) is 2.42. The van der Waals surface area contributed by atoms with E-state index in [-0.39, 0.29) is 24.1 Å². The van der Waals surface area contributed by atoms with Gasteiger partial charge in [-0.05, 0) is 43.5 Å². The Kier molecular flexibility index (Phi) is 4.77. The summed E-state index contributed by atoms with van der Waals surface area (Å²) in [4.78, 5) is 0. The molecule has 0 spiro atoms. The molecule has 3 nitrogen and oxygen atoms in total. The number of hydrogen-bond acceptors (Lipinski definition) is 3. The summed E-state index contributed by atoms with van der Waals surface area (Å²) < 4.78 is 18.6. The second-order valence-corrected chi connectivity index (χ2v) is 5.31. The molecule has 1 aromatic rings. The number of aliphatic hydroxyl groups is 1. The molecular weight excluding hydrogens is 245 g/mol. The molecule has 0 amide bonds. The third kappa shape index (κ3) is 3.67. The van der Waals surface area contributed by atoms with Crippen LogP contribution in [-0.2, 0) is 4.74 Å². The number of anilines is 1. The van der Waals surface area contributed by atoms with Gasteiger partial charge in [0.05, 0.1) is 18.2 Å². The number of benzene rings is 1. The van der Waals surface area contributed by atoms with Crippen molar-refractivity contribution in [3.63, 3.8) is 0 Å². The van der Waals surface area contributed by atoms with Crippen LogP contribution in [0.25, 0.3) is 0 Å². The molecule has 106 valence electrons. The molecule has 1 aromatic carbocycles. The summed E-state index contributed by atoms with van der Waals surface area (Å²) in [6.45, 7) is 2.85. The van der Waals surface area contributed by atoms with Gasteiger partial charge >= 0.3 is 0 Å². The summed E-state index contributed by atoms with van der Waals surface area (Å²) in [5.74, 6) is -0.251. The van der Waals surface area contributed by atoms with Gasteiger partial charge in [0.2, 0.25) is 0 Å². The molecule has 2 unspecified atom stereocenters. The van der Waals surface area contributed by atoms with Crippen molar-refractivity contribution in [2.45, 2.75) is 44.2 Å². The molecule has 0 bridgehead atoms. The molecule has 19 heavy (non-hydrogen) atoms. The van der Waals surface area contributed by atoms with E-state index in [4.69, 9.17) is 4.74 Å². The van der Waals surface area contributed by atoms with E-state index in [0.29, 0.717) is 6.61 Å². The van der Waals surface area contributed by atoms with Crippen LogP contribution in [0, 0.1) is 5.82 Å². The van der Waals surface area contributed by atoms with Gasteiger partial charge in [-0.1, -0.05) is 13.3 Å². The fourth-order valence-electron chi connectivity index (χ4n) is 2.66. The molecule has 1 heterocycles. The van der Waals surface area contributed by atoms with Crippen molar-refractivity contribution in [1.82, 2.24) is 0 Å². The highest BCUT2D eigenvalue weighted by Gasteiger charge is 2.36. The van der Waals surface area contributed by atoms with Crippen molar-refractivity contribution in [2.75, 3.05) is 18.5 Å². The highest BCUT2D eigenvalue weighted by Crippen LogP contribution is 2.30. The number of halogens is 1. The van der Waals surface area contributed by atoms with Gasteiger partial charge in [0.1, 0.15) is 5.82 Å². The zero-order valence-electron chi connectivity index (χ0n) is 11.4. The van der Waals surface area contributed by atoms with E-state index in [0.717, 1.165) is 31.4 Å². The lowest BCUT2D eigenvalue weighted by Gasteiger charge is -2.41. The largest absolute Gasteiger partial charge is 0.394 e. The molecule has 1 saturated heterocycles. The highest BCUT2D eigenvalue weighted by atomic mass is 19.1. The van der Waals surface area contributed by atoms with Gasteiger partial charge in [-0.15, -0.1) is 0 Å². The summed E-state index contributed by atoms with van der Waals surface area (Å²) >= 11 is 0. The first kappa shape index (κ1) is 14.3. The monoisotopic (exact) mass is 267 g/mol. The quantitative estimate of drug-likeness (QED) is 0.862. The Balaban J connectivity index is 2.06. The number of hydrogen-bond donors (Lipinski definition) is 2. The number of ether oxygens (including phenoxy) is 1. The second kappa shape index (κ2) is 6.35. The molecule has 2 atom stereocenters. The van der Waals surface area contributed by atoms with E-state index in [9.17, 15) is 9.50 Å². The number of rotatable bonds is 5. The topological polar surface area (TPSA) is 41.5 Å². The number of nitrogens with one attached hydrogen (secondary N) is 1. The predicted octanol–water partition coefficient (Wildman–Crippen LogP) is 2.95. The minimum absolute atomic E-state index is 0.0634. The lowest BCUT2D eigenvalue weighted by Crippen LogP contribution is -2.49. The molecule has 2 N–H and O–H groups in total. The van der Waals surface area contributed by atoms with Crippen molar-refractivity contribution in [1.29, 1.82) is 0 Å². The Morgan fingerprint density at radius 3 is 2.79 bits per heavy atom. The second-order valence-electron chi connectivity index (χ2n) is 5.31. The Bertz CT molecular complexity index is 394. The molecule has 0 saturated carbocycles. The van der Waals surface area contributed by atoms with E-state index in [2.05, 4.69) is 12.2 Å². The van der Waals surface area contributed by atoms with Crippen molar-refractivity contribution in [3.8, 4) is 0 Å². The van der Waals surface area contributed by atoms with E-state index < -0.39 is 0 Å². The van der Waals surface area contributed by atoms with E-state index >= 15 is 0 Å². The predicted molar refractivity (Wildman–Crippen MR) is 73.7 cm³/mol. The summed E-state index contributed by atoms with van der Waals surface area (Å²) in [5.41, 5.74) is 0.489. The zero-order valence-corrected chi connectivity index (χ0v) is 11.4. The van der Waals surface area contributed by atoms with Gasteiger partial charge < -0.3 is 15.2 Å². The molecule has 2 rings (SSSR count). The molecule has 0 aromatic heterocycles. The molecule has 0 radical (unpaired) electrons. The average molecular weight is 267 g/mol. The normalized spacial score (nSPS) is 27.2. The SMILES string of the molecule is CCCC1CC(CO)(Nc2ccc(F)cc2)CCO1. The maximum Gasteiger partial charge on any atom is 0.123 e. The lowest BCUT2D eigenvalue weighted by atomic mass is 9.85. The standard InChI is InChI=1S/C15H22FNO2/c1-2-3-14-10-15(11-18,8-9-19-14)17-13-6-4-12(16)5-7-13/h4-7,14,17-18H,2-3,8-11H2,1H3. The first-order chi connectivity index (χ1) is 9.17. The molecule has 0 aliphatic carbocycles. The van der Waals surface area contributed by atoms with Crippen LogP contribution in [0.4, 0.5) is 10.1 Å². The zero-order chi connectivity index (χ0) is 13.7. The summed E-state index contributed by atoms with van der Waals surface area (Å²) in [5, 5.41) is 13.1. The van der Waals surface area contributed by atoms with Gasteiger partial charge in [-0.2, -0.15) is 0 Å². The van der Waals surface area contributed by atoms with Gasteiger partial charge in [0.15, 0.2) is 0 Å². The highest BCUT2D eigenvalue weighted by molar-refractivity contribution is 5.45. The van der Waals surface area contributed by atoms with E-state index in [1.54, 1.807) is 12.1 Å². The van der Waals surface area contributed by atoms with Crippen LogP contribution in [0.2, 0.25) is 0 Å². The first-order valence-electron chi connectivity index (χ1n) is 6.94. The van der Waals surface area contributed by atoms with Crippen molar-refractivity contribution >= 4 is 5.69 Å². The summed E-state index contributed by atoms with van der Waals surface area (Å²) in [6, 6.07) is 6.26. The van der Waals surface area contributed by atoms with Crippen LogP contribution < -0.4 is 5.32 Å². The lowest BCUT2D eigenvalue weighted by molar-refractivity contribution is -0.0299. The van der Waals surface area contributed by atoms with Gasteiger partial charge in [0.25, 0.3) is 0 Å². The van der Waals surface area contributed by atoms with Crippen LogP contribution >= 0.6 is 0 Å². The van der Waals surface area contributed by atoms with Crippen LogP contribution in [0.3, 0.4) is 0 Å². The van der Waals surface area contributed by atoms with Crippen LogP contribution in [0.1, 0.15) is 32.6 Å². The minimum atomic E-state index is -0.351. The fraction of sp³-hybridized carbons (Fsp3) is 0.600. The van der Waals surface area contributed by atoms with Crippen LogP contribution in [0.15, 0.2) is 24.3 Å². The third-order valence-electron chi connectivity index (χ3n) is 3.72. The molecule has 1 aliphatic rings. The smallest absolute Gasteiger partial charge is 0.123 e. The van der Waals surface area contributed by atoms with Crippen molar-refractivity contribution in [3.05, 3.63) is 30.1 Å².